The van der Waals surface area contributed by atoms with E-state index in [4.69, 9.17) is 0 Å². The molecule has 0 amide bonds. The minimum atomic E-state index is -0.323. The lowest BCUT2D eigenvalue weighted by Gasteiger charge is -2.47. The van der Waals surface area contributed by atoms with Gasteiger partial charge in [0, 0.05) is 35.1 Å². The molecule has 7 rings (SSSR count). The Kier molecular flexibility index (Phi) is 3.55. The van der Waals surface area contributed by atoms with Crippen LogP contribution in [0, 0.1) is 0 Å². The zero-order valence-electron chi connectivity index (χ0n) is 18.1. The Morgan fingerprint density at radius 3 is 2.59 bits per heavy atom. The summed E-state index contributed by atoms with van der Waals surface area (Å²) < 4.78 is 0. The molecule has 2 heteroatoms. The molecule has 154 valence electrons. The summed E-state index contributed by atoms with van der Waals surface area (Å²) >= 11 is 0. The Hall–Kier alpha value is -3.78. The van der Waals surface area contributed by atoms with Crippen LogP contribution in [0.5, 0.6) is 0 Å². The minimum Gasteiger partial charge on any atom is -0.337 e. The molecule has 0 saturated heterocycles. The third-order valence-electron chi connectivity index (χ3n) is 7.40. The molecule has 4 aliphatic heterocycles. The molecular weight excluding hydrogens is 388 g/mol. The minimum absolute atomic E-state index is 0.254. The van der Waals surface area contributed by atoms with Crippen LogP contribution in [0.4, 0.5) is 0 Å². The molecule has 0 saturated carbocycles. The van der Waals surface area contributed by atoms with Crippen molar-refractivity contribution in [2.24, 2.45) is 0 Å². The van der Waals surface area contributed by atoms with Gasteiger partial charge in [-0.2, -0.15) is 0 Å². The number of benzene rings is 3. The van der Waals surface area contributed by atoms with Crippen molar-refractivity contribution in [1.82, 2.24) is 9.80 Å². The van der Waals surface area contributed by atoms with Crippen molar-refractivity contribution in [3.05, 3.63) is 137 Å². The largest absolute Gasteiger partial charge is 0.337 e. The van der Waals surface area contributed by atoms with Gasteiger partial charge in [0.05, 0.1) is 6.04 Å². The topological polar surface area (TPSA) is 6.48 Å². The summed E-state index contributed by atoms with van der Waals surface area (Å²) in [6.45, 7) is 3.12. The molecule has 3 aromatic rings. The molecule has 0 aromatic heterocycles. The van der Waals surface area contributed by atoms with Crippen molar-refractivity contribution in [3.63, 3.8) is 0 Å². The lowest BCUT2D eigenvalue weighted by molar-refractivity contribution is 0.0621. The molecule has 0 aliphatic carbocycles. The zero-order chi connectivity index (χ0) is 21.3. The van der Waals surface area contributed by atoms with E-state index >= 15 is 0 Å². The second kappa shape index (κ2) is 6.37. The predicted molar refractivity (Wildman–Crippen MR) is 130 cm³/mol. The van der Waals surface area contributed by atoms with Crippen molar-refractivity contribution in [2.45, 2.75) is 18.6 Å². The molecule has 0 N–H and O–H groups in total. The fourth-order valence-electron chi connectivity index (χ4n) is 6.07. The molecule has 4 heterocycles. The van der Waals surface area contributed by atoms with Gasteiger partial charge in [-0.15, -0.1) is 0 Å². The van der Waals surface area contributed by atoms with E-state index in [1.54, 1.807) is 0 Å². The van der Waals surface area contributed by atoms with Crippen molar-refractivity contribution in [2.75, 3.05) is 6.54 Å². The van der Waals surface area contributed by atoms with Gasteiger partial charge in [-0.05, 0) is 41.8 Å². The van der Waals surface area contributed by atoms with E-state index in [2.05, 4.69) is 126 Å². The summed E-state index contributed by atoms with van der Waals surface area (Å²) in [6, 6.07) is 27.0. The third-order valence-corrected chi connectivity index (χ3v) is 7.40. The molecule has 0 radical (unpaired) electrons. The van der Waals surface area contributed by atoms with Gasteiger partial charge in [0.2, 0.25) is 0 Å². The number of rotatable bonds is 1. The molecule has 32 heavy (non-hydrogen) atoms. The Labute approximate surface area is 189 Å². The van der Waals surface area contributed by atoms with E-state index < -0.39 is 0 Å². The van der Waals surface area contributed by atoms with E-state index in [9.17, 15) is 0 Å². The second-order valence-corrected chi connectivity index (χ2v) is 9.05. The van der Waals surface area contributed by atoms with Crippen molar-refractivity contribution >= 4 is 5.70 Å². The normalized spacial score (nSPS) is 24.1. The first-order valence-electron chi connectivity index (χ1n) is 11.4. The van der Waals surface area contributed by atoms with Crippen LogP contribution >= 0.6 is 0 Å². The molecule has 0 fully saturated rings. The van der Waals surface area contributed by atoms with Gasteiger partial charge < -0.3 is 9.80 Å². The number of nitrogens with zero attached hydrogens (tertiary/aromatic N) is 2. The van der Waals surface area contributed by atoms with Crippen molar-refractivity contribution in [1.29, 1.82) is 0 Å². The summed E-state index contributed by atoms with van der Waals surface area (Å²) in [7, 11) is 0. The van der Waals surface area contributed by atoms with Crippen LogP contribution in [0.15, 0.2) is 115 Å². The maximum absolute atomic E-state index is 2.61. The number of hydrogen-bond donors (Lipinski definition) is 0. The van der Waals surface area contributed by atoms with E-state index in [1.165, 1.54) is 44.7 Å². The SMILES string of the molecule is CC1=CCN2C(=C1)c1cc(-c3ccccc3)ccc1[C@]21c2ccccc2C2C=CC=CN21. The second-order valence-electron chi connectivity index (χ2n) is 9.05. The van der Waals surface area contributed by atoms with Crippen LogP contribution in [-0.2, 0) is 5.66 Å². The Morgan fingerprint density at radius 1 is 0.844 bits per heavy atom. The highest BCUT2D eigenvalue weighted by Crippen LogP contribution is 2.60. The number of hydrogen-bond acceptors (Lipinski definition) is 2. The average molecular weight is 413 g/mol. The van der Waals surface area contributed by atoms with Gasteiger partial charge >= 0.3 is 0 Å². The zero-order valence-corrected chi connectivity index (χ0v) is 18.1. The lowest BCUT2D eigenvalue weighted by Crippen LogP contribution is -2.51. The van der Waals surface area contributed by atoms with Crippen LogP contribution in [0.3, 0.4) is 0 Å². The monoisotopic (exact) mass is 412 g/mol. The number of allylic oxidation sites excluding steroid dienone is 4. The van der Waals surface area contributed by atoms with Crippen LogP contribution in [0.2, 0.25) is 0 Å². The smallest absolute Gasteiger partial charge is 0.168 e. The van der Waals surface area contributed by atoms with E-state index in [0.717, 1.165) is 6.54 Å². The van der Waals surface area contributed by atoms with Crippen molar-refractivity contribution < 1.29 is 0 Å². The summed E-state index contributed by atoms with van der Waals surface area (Å²) in [4.78, 5) is 5.18. The first-order chi connectivity index (χ1) is 15.8. The van der Waals surface area contributed by atoms with E-state index in [-0.39, 0.29) is 11.7 Å². The molecular formula is C30H24N2. The van der Waals surface area contributed by atoms with Gasteiger partial charge in [-0.25, -0.2) is 0 Å². The standard InChI is InChI=1S/C30H24N2/c1-21-16-18-32-29(19-21)25-20-23(22-9-3-2-4-10-22)14-15-27(25)30(32)26-12-6-5-11-24(26)28-13-7-8-17-31(28)30/h2-17,19-20,28H,18H2,1H3/t28?,30-/m0/s1. The first kappa shape index (κ1) is 17.9. The van der Waals surface area contributed by atoms with Crippen LogP contribution in [0.1, 0.15) is 35.2 Å². The predicted octanol–water partition coefficient (Wildman–Crippen LogP) is 6.61. The quantitative estimate of drug-likeness (QED) is 0.444. The fourth-order valence-corrected chi connectivity index (χ4v) is 6.07. The molecule has 4 aliphatic rings. The highest BCUT2D eigenvalue weighted by atomic mass is 15.4. The van der Waals surface area contributed by atoms with E-state index in [1.807, 2.05) is 0 Å². The van der Waals surface area contributed by atoms with Gasteiger partial charge in [0.25, 0.3) is 0 Å². The first-order valence-corrected chi connectivity index (χ1v) is 11.4. The molecule has 1 unspecified atom stereocenters. The Balaban J connectivity index is 1.54. The van der Waals surface area contributed by atoms with E-state index in [0.29, 0.717) is 0 Å². The van der Waals surface area contributed by atoms with Gasteiger partial charge in [-0.1, -0.05) is 90.5 Å². The summed E-state index contributed by atoms with van der Waals surface area (Å²) in [5, 5.41) is 0. The Morgan fingerprint density at radius 2 is 1.69 bits per heavy atom. The molecule has 2 atom stereocenters. The highest BCUT2D eigenvalue weighted by molar-refractivity contribution is 5.83. The highest BCUT2D eigenvalue weighted by Gasteiger charge is 2.58. The fraction of sp³-hybridized carbons (Fsp3) is 0.133. The Bertz CT molecular complexity index is 1370. The number of fused-ring (bicyclic) bond motifs is 10. The average Bonchev–Trinajstić information content (AvgIpc) is 3.31. The lowest BCUT2D eigenvalue weighted by atomic mass is 9.88. The molecule has 0 bridgehead atoms. The summed E-state index contributed by atoms with van der Waals surface area (Å²) in [5.41, 5.74) is 10.4. The van der Waals surface area contributed by atoms with Crippen LogP contribution in [-0.4, -0.2) is 16.3 Å². The summed E-state index contributed by atoms with van der Waals surface area (Å²) in [5.74, 6) is 0. The third kappa shape index (κ3) is 2.14. The molecule has 1 spiro atoms. The maximum atomic E-state index is 2.61. The van der Waals surface area contributed by atoms with Gasteiger partial charge in [0.1, 0.15) is 0 Å². The molecule has 2 nitrogen and oxygen atoms in total. The van der Waals surface area contributed by atoms with Crippen LogP contribution in [0.25, 0.3) is 16.8 Å². The van der Waals surface area contributed by atoms with Crippen molar-refractivity contribution in [3.8, 4) is 11.1 Å². The molecule has 3 aromatic carbocycles. The van der Waals surface area contributed by atoms with Gasteiger partial charge in [0.15, 0.2) is 5.66 Å². The maximum Gasteiger partial charge on any atom is 0.168 e. The van der Waals surface area contributed by atoms with Crippen LogP contribution < -0.4 is 0 Å². The van der Waals surface area contributed by atoms with Gasteiger partial charge in [-0.3, -0.25) is 0 Å². The summed E-state index contributed by atoms with van der Waals surface area (Å²) in [6.07, 6.45) is 13.7.